The van der Waals surface area contributed by atoms with Crippen LogP contribution in [0.3, 0.4) is 0 Å². The second-order valence-corrected chi connectivity index (χ2v) is 4.13. The van der Waals surface area contributed by atoms with Crippen molar-refractivity contribution >= 4 is 0 Å². The van der Waals surface area contributed by atoms with Gasteiger partial charge in [0.15, 0.2) is 0 Å². The molecule has 1 fully saturated rings. The summed E-state index contributed by atoms with van der Waals surface area (Å²) in [6.45, 7) is 0.829. The summed E-state index contributed by atoms with van der Waals surface area (Å²) in [6.07, 6.45) is 4.41. The molecule has 0 spiro atoms. The standard InChI is InChI=1S/C12H16FNO2/c13-9-3-5-11(14-8-9)12(15)6-4-10-2-1-7-16-10/h3,5,8,10,12,15H,1-2,4,6-7H2. The van der Waals surface area contributed by atoms with Crippen LogP contribution in [-0.2, 0) is 4.74 Å². The first-order valence-electron chi connectivity index (χ1n) is 5.67. The highest BCUT2D eigenvalue weighted by Gasteiger charge is 2.18. The van der Waals surface area contributed by atoms with Gasteiger partial charge in [-0.25, -0.2) is 4.39 Å². The van der Waals surface area contributed by atoms with E-state index in [1.165, 1.54) is 12.1 Å². The highest BCUT2D eigenvalue weighted by molar-refractivity contribution is 5.07. The van der Waals surface area contributed by atoms with E-state index in [0.29, 0.717) is 12.1 Å². The van der Waals surface area contributed by atoms with Crippen LogP contribution >= 0.6 is 0 Å². The van der Waals surface area contributed by atoms with E-state index < -0.39 is 6.10 Å². The maximum absolute atomic E-state index is 12.6. The summed E-state index contributed by atoms with van der Waals surface area (Å²) in [4.78, 5) is 3.86. The average molecular weight is 225 g/mol. The molecule has 1 aromatic heterocycles. The highest BCUT2D eigenvalue weighted by Crippen LogP contribution is 2.22. The van der Waals surface area contributed by atoms with Crippen molar-refractivity contribution in [3.63, 3.8) is 0 Å². The molecule has 4 heteroatoms. The van der Waals surface area contributed by atoms with Gasteiger partial charge < -0.3 is 9.84 Å². The number of ether oxygens (including phenoxy) is 1. The Labute approximate surface area is 94.3 Å². The summed E-state index contributed by atoms with van der Waals surface area (Å²) >= 11 is 0. The lowest BCUT2D eigenvalue weighted by Crippen LogP contribution is -2.08. The zero-order chi connectivity index (χ0) is 11.4. The van der Waals surface area contributed by atoms with Crippen molar-refractivity contribution in [1.29, 1.82) is 0 Å². The van der Waals surface area contributed by atoms with Crippen LogP contribution in [0.1, 0.15) is 37.5 Å². The van der Waals surface area contributed by atoms with E-state index >= 15 is 0 Å². The maximum atomic E-state index is 12.6. The molecule has 3 nitrogen and oxygen atoms in total. The lowest BCUT2D eigenvalue weighted by Gasteiger charge is -2.13. The van der Waals surface area contributed by atoms with Gasteiger partial charge in [-0.2, -0.15) is 0 Å². The molecule has 0 saturated carbocycles. The van der Waals surface area contributed by atoms with Gasteiger partial charge in [0.05, 0.1) is 24.1 Å². The molecule has 0 aromatic carbocycles. The van der Waals surface area contributed by atoms with Gasteiger partial charge in [0, 0.05) is 6.61 Å². The van der Waals surface area contributed by atoms with E-state index in [1.54, 1.807) is 0 Å². The van der Waals surface area contributed by atoms with Crippen molar-refractivity contribution in [1.82, 2.24) is 4.98 Å². The molecule has 0 radical (unpaired) electrons. The Morgan fingerprint density at radius 2 is 2.44 bits per heavy atom. The SMILES string of the molecule is OC(CCC1CCCO1)c1ccc(F)cn1. The van der Waals surface area contributed by atoms with Gasteiger partial charge in [-0.3, -0.25) is 4.98 Å². The van der Waals surface area contributed by atoms with Gasteiger partial charge in [0.2, 0.25) is 0 Å². The second-order valence-electron chi connectivity index (χ2n) is 4.13. The number of aliphatic hydroxyl groups is 1. The number of aromatic nitrogens is 1. The van der Waals surface area contributed by atoms with E-state index in [4.69, 9.17) is 4.74 Å². The van der Waals surface area contributed by atoms with Crippen LogP contribution in [0.25, 0.3) is 0 Å². The summed E-state index contributed by atoms with van der Waals surface area (Å²) < 4.78 is 18.1. The number of halogens is 1. The van der Waals surface area contributed by atoms with Gasteiger partial charge in [-0.15, -0.1) is 0 Å². The number of hydrogen-bond donors (Lipinski definition) is 1. The molecule has 0 amide bonds. The molecule has 1 aromatic rings. The molecule has 2 atom stereocenters. The number of hydrogen-bond acceptors (Lipinski definition) is 3. The Balaban J connectivity index is 1.82. The summed E-state index contributed by atoms with van der Waals surface area (Å²) in [5.74, 6) is -0.380. The minimum atomic E-state index is -0.621. The molecule has 1 aliphatic rings. The molecule has 1 N–H and O–H groups in total. The van der Waals surface area contributed by atoms with Crippen molar-refractivity contribution < 1.29 is 14.2 Å². The Bertz CT molecular complexity index is 322. The van der Waals surface area contributed by atoms with Crippen molar-refractivity contribution in [2.75, 3.05) is 6.61 Å². The van der Waals surface area contributed by atoms with Crippen molar-refractivity contribution in [3.8, 4) is 0 Å². The fourth-order valence-electron chi connectivity index (χ4n) is 1.95. The van der Waals surface area contributed by atoms with Crippen molar-refractivity contribution in [2.45, 2.75) is 37.9 Å². The van der Waals surface area contributed by atoms with E-state index in [9.17, 15) is 9.50 Å². The van der Waals surface area contributed by atoms with Crippen LogP contribution in [0.2, 0.25) is 0 Å². The maximum Gasteiger partial charge on any atom is 0.141 e. The molecule has 0 bridgehead atoms. The molecule has 1 aliphatic heterocycles. The third kappa shape index (κ3) is 3.00. The Hall–Kier alpha value is -1.00. The third-order valence-electron chi connectivity index (χ3n) is 2.88. The number of pyridine rings is 1. The first-order valence-corrected chi connectivity index (χ1v) is 5.67. The predicted molar refractivity (Wildman–Crippen MR) is 57.4 cm³/mol. The van der Waals surface area contributed by atoms with Gasteiger partial charge in [0.1, 0.15) is 5.82 Å². The normalized spacial score (nSPS) is 22.2. The fourth-order valence-corrected chi connectivity index (χ4v) is 1.95. The van der Waals surface area contributed by atoms with Crippen LogP contribution in [0.5, 0.6) is 0 Å². The zero-order valence-corrected chi connectivity index (χ0v) is 9.10. The first-order chi connectivity index (χ1) is 7.75. The molecular weight excluding hydrogens is 209 g/mol. The van der Waals surface area contributed by atoms with Crippen molar-refractivity contribution in [3.05, 3.63) is 29.8 Å². The predicted octanol–water partition coefficient (Wildman–Crippen LogP) is 2.21. The second kappa shape index (κ2) is 5.37. The van der Waals surface area contributed by atoms with Gasteiger partial charge in [-0.05, 0) is 37.8 Å². The molecule has 88 valence electrons. The van der Waals surface area contributed by atoms with E-state index in [2.05, 4.69) is 4.98 Å². The van der Waals surface area contributed by atoms with E-state index in [1.807, 2.05) is 0 Å². The molecule has 2 rings (SSSR count). The summed E-state index contributed by atoms with van der Waals surface area (Å²) in [6, 6.07) is 2.84. The van der Waals surface area contributed by atoms with Crippen LogP contribution in [0, 0.1) is 5.82 Å². The average Bonchev–Trinajstić information content (AvgIpc) is 2.80. The Kier molecular flexibility index (Phi) is 3.85. The number of nitrogens with zero attached hydrogens (tertiary/aromatic N) is 1. The van der Waals surface area contributed by atoms with Crippen LogP contribution in [-0.4, -0.2) is 22.8 Å². The smallest absolute Gasteiger partial charge is 0.141 e. The van der Waals surface area contributed by atoms with E-state index in [0.717, 1.165) is 32.1 Å². The lowest BCUT2D eigenvalue weighted by atomic mass is 10.1. The Morgan fingerprint density at radius 1 is 1.56 bits per heavy atom. The summed E-state index contributed by atoms with van der Waals surface area (Å²) in [5, 5.41) is 9.83. The Morgan fingerprint density at radius 3 is 3.06 bits per heavy atom. The molecular formula is C12H16FNO2. The quantitative estimate of drug-likeness (QED) is 0.854. The number of rotatable bonds is 4. The largest absolute Gasteiger partial charge is 0.387 e. The van der Waals surface area contributed by atoms with Crippen LogP contribution in [0.4, 0.5) is 4.39 Å². The molecule has 16 heavy (non-hydrogen) atoms. The molecule has 2 heterocycles. The van der Waals surface area contributed by atoms with Gasteiger partial charge >= 0.3 is 0 Å². The van der Waals surface area contributed by atoms with E-state index in [-0.39, 0.29) is 11.9 Å². The fraction of sp³-hybridized carbons (Fsp3) is 0.583. The first kappa shape index (κ1) is 11.5. The zero-order valence-electron chi connectivity index (χ0n) is 9.10. The van der Waals surface area contributed by atoms with Gasteiger partial charge in [-0.1, -0.05) is 0 Å². The number of aliphatic hydroxyl groups excluding tert-OH is 1. The minimum absolute atomic E-state index is 0.273. The highest BCUT2D eigenvalue weighted by atomic mass is 19.1. The molecule has 1 saturated heterocycles. The van der Waals surface area contributed by atoms with Crippen LogP contribution < -0.4 is 0 Å². The monoisotopic (exact) mass is 225 g/mol. The summed E-state index contributed by atoms with van der Waals surface area (Å²) in [5.41, 5.74) is 0.527. The topological polar surface area (TPSA) is 42.4 Å². The third-order valence-corrected chi connectivity index (χ3v) is 2.88. The van der Waals surface area contributed by atoms with Crippen LogP contribution in [0.15, 0.2) is 18.3 Å². The molecule has 2 unspecified atom stereocenters. The lowest BCUT2D eigenvalue weighted by molar-refractivity contribution is 0.0801. The minimum Gasteiger partial charge on any atom is -0.387 e. The van der Waals surface area contributed by atoms with Crippen molar-refractivity contribution in [2.24, 2.45) is 0 Å². The summed E-state index contributed by atoms with van der Waals surface area (Å²) in [7, 11) is 0. The molecule has 0 aliphatic carbocycles. The van der Waals surface area contributed by atoms with Gasteiger partial charge in [0.25, 0.3) is 0 Å².